The Labute approximate surface area is 175 Å². The highest BCUT2D eigenvalue weighted by Gasteiger charge is 2.14. The Morgan fingerprint density at radius 3 is 2.68 bits per heavy atom. The zero-order chi connectivity index (χ0) is 19.9. The van der Waals surface area contributed by atoms with Crippen LogP contribution in [0.15, 0.2) is 29.4 Å². The Bertz CT molecular complexity index is 928. The predicted molar refractivity (Wildman–Crippen MR) is 110 cm³/mol. The number of carbonyl (C=O) groups is 1. The van der Waals surface area contributed by atoms with Crippen molar-refractivity contribution in [3.8, 4) is 5.75 Å². The van der Waals surface area contributed by atoms with Crippen LogP contribution >= 0.6 is 34.7 Å². The summed E-state index contributed by atoms with van der Waals surface area (Å²) in [6.07, 6.45) is 0.794. The van der Waals surface area contributed by atoms with Gasteiger partial charge in [-0.1, -0.05) is 41.6 Å². The van der Waals surface area contributed by atoms with Crippen molar-refractivity contribution >= 4 is 45.7 Å². The van der Waals surface area contributed by atoms with Gasteiger partial charge < -0.3 is 9.30 Å². The molecule has 11 heteroatoms. The van der Waals surface area contributed by atoms with E-state index in [2.05, 4.69) is 25.7 Å². The molecular formula is C17H19ClN6O2S2. The maximum atomic E-state index is 12.1. The number of thioether (sulfide) groups is 1. The van der Waals surface area contributed by atoms with E-state index in [1.807, 2.05) is 18.4 Å². The van der Waals surface area contributed by atoms with E-state index in [0.717, 1.165) is 11.4 Å². The highest BCUT2D eigenvalue weighted by molar-refractivity contribution is 7.99. The molecule has 0 aliphatic carbocycles. The Morgan fingerprint density at radius 2 is 2.00 bits per heavy atom. The zero-order valence-electron chi connectivity index (χ0n) is 15.4. The second-order valence-electron chi connectivity index (χ2n) is 5.58. The molecule has 3 rings (SSSR count). The largest absolute Gasteiger partial charge is 0.486 e. The monoisotopic (exact) mass is 438 g/mol. The molecule has 0 aliphatic rings. The molecule has 1 N–H and O–H groups in total. The minimum Gasteiger partial charge on any atom is -0.486 e. The van der Waals surface area contributed by atoms with Gasteiger partial charge in [-0.3, -0.25) is 10.1 Å². The van der Waals surface area contributed by atoms with E-state index in [0.29, 0.717) is 33.4 Å². The first-order valence-electron chi connectivity index (χ1n) is 8.64. The lowest BCUT2D eigenvalue weighted by atomic mass is 10.3. The first-order valence-corrected chi connectivity index (χ1v) is 10.8. The van der Waals surface area contributed by atoms with Gasteiger partial charge in [0, 0.05) is 11.6 Å². The number of anilines is 1. The van der Waals surface area contributed by atoms with Gasteiger partial charge >= 0.3 is 0 Å². The lowest BCUT2D eigenvalue weighted by Crippen LogP contribution is -2.14. The van der Waals surface area contributed by atoms with Crippen LogP contribution in [0.3, 0.4) is 0 Å². The molecule has 2 heterocycles. The summed E-state index contributed by atoms with van der Waals surface area (Å²) >= 11 is 8.57. The quantitative estimate of drug-likeness (QED) is 0.509. The highest BCUT2D eigenvalue weighted by atomic mass is 35.5. The van der Waals surface area contributed by atoms with Crippen molar-refractivity contribution in [1.29, 1.82) is 0 Å². The van der Waals surface area contributed by atoms with Gasteiger partial charge in [-0.25, -0.2) is 0 Å². The smallest absolute Gasteiger partial charge is 0.236 e. The number of rotatable bonds is 9. The molecule has 1 aromatic carbocycles. The minimum atomic E-state index is -0.159. The van der Waals surface area contributed by atoms with Crippen molar-refractivity contribution in [2.24, 2.45) is 0 Å². The molecule has 0 saturated heterocycles. The molecule has 2 aromatic heterocycles. The van der Waals surface area contributed by atoms with Crippen LogP contribution in [0.4, 0.5) is 5.13 Å². The number of hydrogen-bond acceptors (Lipinski definition) is 8. The lowest BCUT2D eigenvalue weighted by Gasteiger charge is -2.09. The summed E-state index contributed by atoms with van der Waals surface area (Å²) in [5.41, 5.74) is 0. The topological polar surface area (TPSA) is 94.8 Å². The van der Waals surface area contributed by atoms with E-state index >= 15 is 0 Å². The number of amides is 1. The van der Waals surface area contributed by atoms with E-state index in [1.165, 1.54) is 23.1 Å². The maximum absolute atomic E-state index is 12.1. The second-order valence-corrected chi connectivity index (χ2v) is 8.02. The number of aryl methyl sites for hydroxylation is 1. The molecule has 0 saturated carbocycles. The third-order valence-electron chi connectivity index (χ3n) is 3.64. The molecule has 0 bridgehead atoms. The standard InChI is InChI=1S/C17H19ClN6O2S2/c1-3-15-21-22-16(28-15)19-14(25)10-27-17-23-20-13(24(17)4-2)9-26-12-7-5-11(18)6-8-12/h5-8H,3-4,9-10H2,1-2H3,(H,19,22,25). The van der Waals surface area contributed by atoms with Crippen LogP contribution in [0.25, 0.3) is 0 Å². The van der Waals surface area contributed by atoms with Gasteiger partial charge in [0.1, 0.15) is 17.4 Å². The fourth-order valence-corrected chi connectivity index (χ4v) is 3.90. The van der Waals surface area contributed by atoms with E-state index in [9.17, 15) is 4.79 Å². The van der Waals surface area contributed by atoms with E-state index in [4.69, 9.17) is 16.3 Å². The average molecular weight is 439 g/mol. The van der Waals surface area contributed by atoms with Crippen molar-refractivity contribution in [3.05, 3.63) is 40.1 Å². The van der Waals surface area contributed by atoms with Crippen LogP contribution in [0, 0.1) is 0 Å². The molecule has 0 spiro atoms. The van der Waals surface area contributed by atoms with Gasteiger partial charge in [-0.15, -0.1) is 20.4 Å². The predicted octanol–water partition coefficient (Wildman–Crippen LogP) is 3.68. The number of ether oxygens (including phenoxy) is 1. The Balaban J connectivity index is 1.55. The number of nitrogens with one attached hydrogen (secondary N) is 1. The third-order valence-corrected chi connectivity index (χ3v) is 5.84. The van der Waals surface area contributed by atoms with Crippen molar-refractivity contribution < 1.29 is 9.53 Å². The summed E-state index contributed by atoms with van der Waals surface area (Å²) in [5, 5.41) is 21.8. The fraction of sp³-hybridized carbons (Fsp3) is 0.353. The summed E-state index contributed by atoms with van der Waals surface area (Å²) < 4.78 is 7.66. The van der Waals surface area contributed by atoms with Gasteiger partial charge in [-0.05, 0) is 37.6 Å². The molecule has 28 heavy (non-hydrogen) atoms. The van der Waals surface area contributed by atoms with Gasteiger partial charge in [0.25, 0.3) is 0 Å². The van der Waals surface area contributed by atoms with Crippen molar-refractivity contribution in [2.75, 3.05) is 11.1 Å². The molecule has 0 aliphatic heterocycles. The maximum Gasteiger partial charge on any atom is 0.236 e. The zero-order valence-corrected chi connectivity index (χ0v) is 17.8. The van der Waals surface area contributed by atoms with Crippen molar-refractivity contribution in [1.82, 2.24) is 25.0 Å². The molecule has 0 fully saturated rings. The molecule has 3 aromatic rings. The van der Waals surface area contributed by atoms with Gasteiger partial charge in [0.15, 0.2) is 11.0 Å². The van der Waals surface area contributed by atoms with Crippen LogP contribution in [-0.4, -0.2) is 36.6 Å². The minimum absolute atomic E-state index is 0.159. The lowest BCUT2D eigenvalue weighted by molar-refractivity contribution is -0.113. The van der Waals surface area contributed by atoms with E-state index in [-0.39, 0.29) is 18.3 Å². The number of benzene rings is 1. The Hall–Kier alpha value is -2.17. The highest BCUT2D eigenvalue weighted by Crippen LogP contribution is 2.21. The number of hydrogen-bond donors (Lipinski definition) is 1. The molecular weight excluding hydrogens is 420 g/mol. The Kier molecular flexibility index (Phi) is 7.24. The number of aromatic nitrogens is 5. The molecule has 0 atom stereocenters. The van der Waals surface area contributed by atoms with E-state index < -0.39 is 0 Å². The summed E-state index contributed by atoms with van der Waals surface area (Å²) in [5.74, 6) is 1.44. The molecule has 0 unspecified atom stereocenters. The first-order chi connectivity index (χ1) is 13.6. The van der Waals surface area contributed by atoms with Gasteiger partial charge in [-0.2, -0.15) is 0 Å². The first kappa shape index (κ1) is 20.6. The number of halogens is 1. The second kappa shape index (κ2) is 9.85. The number of carbonyl (C=O) groups excluding carboxylic acids is 1. The van der Waals surface area contributed by atoms with Crippen molar-refractivity contribution in [3.63, 3.8) is 0 Å². The summed E-state index contributed by atoms with van der Waals surface area (Å²) in [6, 6.07) is 7.13. The molecule has 148 valence electrons. The van der Waals surface area contributed by atoms with Crippen LogP contribution < -0.4 is 10.1 Å². The van der Waals surface area contributed by atoms with Crippen LogP contribution in [0.5, 0.6) is 5.75 Å². The molecule has 8 nitrogen and oxygen atoms in total. The van der Waals surface area contributed by atoms with Crippen LogP contribution in [-0.2, 0) is 24.4 Å². The normalized spacial score (nSPS) is 10.8. The molecule has 0 radical (unpaired) electrons. The third kappa shape index (κ3) is 5.43. The average Bonchev–Trinajstić information content (AvgIpc) is 3.32. The summed E-state index contributed by atoms with van der Waals surface area (Å²) in [7, 11) is 0. The SMILES string of the molecule is CCc1nnc(NC(=O)CSc2nnc(COc3ccc(Cl)cc3)n2CC)s1. The summed E-state index contributed by atoms with van der Waals surface area (Å²) in [6.45, 7) is 4.94. The van der Waals surface area contributed by atoms with Gasteiger partial charge in [0.2, 0.25) is 11.0 Å². The fourth-order valence-electron chi connectivity index (χ4n) is 2.26. The number of nitrogens with zero attached hydrogens (tertiary/aromatic N) is 5. The van der Waals surface area contributed by atoms with Crippen LogP contribution in [0.2, 0.25) is 5.02 Å². The van der Waals surface area contributed by atoms with Crippen molar-refractivity contribution in [2.45, 2.75) is 38.6 Å². The Morgan fingerprint density at radius 1 is 1.21 bits per heavy atom. The van der Waals surface area contributed by atoms with E-state index in [1.54, 1.807) is 24.3 Å². The van der Waals surface area contributed by atoms with Crippen LogP contribution in [0.1, 0.15) is 24.7 Å². The van der Waals surface area contributed by atoms with Gasteiger partial charge in [0.05, 0.1) is 5.75 Å². The molecule has 1 amide bonds. The summed E-state index contributed by atoms with van der Waals surface area (Å²) in [4.78, 5) is 12.1.